The maximum atomic E-state index is 11.7. The Kier molecular flexibility index (Phi) is 8.83. The number of aliphatic hydroxyl groups is 1. The van der Waals surface area contributed by atoms with Gasteiger partial charge in [0, 0.05) is 6.61 Å². The van der Waals surface area contributed by atoms with Gasteiger partial charge in [0.05, 0.1) is 6.67 Å². The van der Waals surface area contributed by atoms with E-state index in [-0.39, 0.29) is 13.3 Å². The number of hydrogen-bond acceptors (Lipinski definition) is 2. The van der Waals surface area contributed by atoms with Gasteiger partial charge in [0.1, 0.15) is 0 Å². The van der Waals surface area contributed by atoms with Crippen molar-refractivity contribution >= 4 is 0 Å². The van der Waals surface area contributed by atoms with Gasteiger partial charge in [-0.25, -0.2) is 0 Å². The fraction of sp³-hybridized carbons (Fsp3) is 1.00. The Labute approximate surface area is 74.2 Å². The van der Waals surface area contributed by atoms with Gasteiger partial charge in [0.2, 0.25) is 0 Å². The van der Waals surface area contributed by atoms with Gasteiger partial charge in [-0.2, -0.15) is 0 Å². The summed E-state index contributed by atoms with van der Waals surface area (Å²) in [6, 6.07) is 0. The first-order chi connectivity index (χ1) is 5.85. The number of hydrogen-bond donors (Lipinski definition) is 2. The van der Waals surface area contributed by atoms with E-state index in [9.17, 15) is 4.39 Å². The van der Waals surface area contributed by atoms with Crippen molar-refractivity contribution in [3.63, 3.8) is 0 Å². The van der Waals surface area contributed by atoms with Crippen LogP contribution in [0.4, 0.5) is 4.39 Å². The number of alkyl halides is 1. The van der Waals surface area contributed by atoms with Gasteiger partial charge >= 0.3 is 0 Å². The van der Waals surface area contributed by atoms with Crippen molar-refractivity contribution in [2.24, 2.45) is 5.92 Å². The molecule has 0 aromatic carbocycles. The van der Waals surface area contributed by atoms with Crippen molar-refractivity contribution in [2.75, 3.05) is 26.4 Å². The fourth-order valence-corrected chi connectivity index (χ4v) is 1.13. The zero-order chi connectivity index (χ0) is 9.23. The second-order valence-electron chi connectivity index (χ2n) is 3.03. The normalized spacial score (nSPS) is 13.2. The molecule has 0 amide bonds. The first-order valence-electron chi connectivity index (χ1n) is 4.72. The zero-order valence-electron chi connectivity index (χ0n) is 7.85. The monoisotopic (exact) mass is 177 g/mol. The number of aliphatic hydroxyl groups excluding tert-OH is 1. The smallest absolute Gasteiger partial charge is 0.0906 e. The van der Waals surface area contributed by atoms with Gasteiger partial charge < -0.3 is 10.4 Å². The molecule has 12 heavy (non-hydrogen) atoms. The predicted octanol–water partition coefficient (Wildman–Crippen LogP) is 1.34. The van der Waals surface area contributed by atoms with Crippen LogP contribution in [0.2, 0.25) is 0 Å². The van der Waals surface area contributed by atoms with Gasteiger partial charge in [0.25, 0.3) is 0 Å². The lowest BCUT2D eigenvalue weighted by Crippen LogP contribution is -2.24. The SMILES string of the molecule is CCC(CCO)CNCCCF. The quantitative estimate of drug-likeness (QED) is 0.548. The Balaban J connectivity index is 3.19. The van der Waals surface area contributed by atoms with Crippen LogP contribution in [-0.4, -0.2) is 31.5 Å². The molecule has 0 fully saturated rings. The molecule has 3 heteroatoms. The van der Waals surface area contributed by atoms with Gasteiger partial charge in [-0.05, 0) is 31.8 Å². The predicted molar refractivity (Wildman–Crippen MR) is 48.9 cm³/mol. The summed E-state index contributed by atoms with van der Waals surface area (Å²) in [6.07, 6.45) is 2.51. The van der Waals surface area contributed by atoms with E-state index in [0.717, 1.165) is 25.9 Å². The third-order valence-electron chi connectivity index (χ3n) is 2.03. The van der Waals surface area contributed by atoms with Gasteiger partial charge in [-0.15, -0.1) is 0 Å². The summed E-state index contributed by atoms with van der Waals surface area (Å²) in [4.78, 5) is 0. The van der Waals surface area contributed by atoms with Crippen molar-refractivity contribution in [1.82, 2.24) is 5.32 Å². The Morgan fingerprint density at radius 2 is 2.25 bits per heavy atom. The van der Waals surface area contributed by atoms with Crippen LogP contribution in [0.5, 0.6) is 0 Å². The molecular weight excluding hydrogens is 157 g/mol. The first-order valence-corrected chi connectivity index (χ1v) is 4.72. The van der Waals surface area contributed by atoms with Crippen LogP contribution in [-0.2, 0) is 0 Å². The van der Waals surface area contributed by atoms with E-state index >= 15 is 0 Å². The van der Waals surface area contributed by atoms with Crippen LogP contribution in [0.15, 0.2) is 0 Å². The molecule has 0 rings (SSSR count). The standard InChI is InChI=1S/C9H20FNO/c1-2-9(4-7-12)8-11-6-3-5-10/h9,11-12H,2-8H2,1H3. The third kappa shape index (κ3) is 6.55. The molecule has 0 saturated heterocycles. The lowest BCUT2D eigenvalue weighted by atomic mass is 10.0. The summed E-state index contributed by atoms with van der Waals surface area (Å²) >= 11 is 0. The van der Waals surface area contributed by atoms with Gasteiger partial charge in [-0.1, -0.05) is 13.3 Å². The molecular formula is C9H20FNO. The van der Waals surface area contributed by atoms with Crippen LogP contribution in [0.1, 0.15) is 26.2 Å². The molecule has 1 atom stereocenters. The minimum Gasteiger partial charge on any atom is -0.396 e. The van der Waals surface area contributed by atoms with E-state index in [1.807, 2.05) is 0 Å². The molecule has 0 heterocycles. The minimum absolute atomic E-state index is 0.246. The van der Waals surface area contributed by atoms with Crippen LogP contribution in [0.25, 0.3) is 0 Å². The Hall–Kier alpha value is -0.150. The van der Waals surface area contributed by atoms with E-state index in [1.54, 1.807) is 0 Å². The summed E-state index contributed by atoms with van der Waals surface area (Å²) in [5, 5.41) is 11.9. The molecule has 0 saturated carbocycles. The molecule has 0 bridgehead atoms. The fourth-order valence-electron chi connectivity index (χ4n) is 1.13. The van der Waals surface area contributed by atoms with Crippen molar-refractivity contribution in [1.29, 1.82) is 0 Å². The summed E-state index contributed by atoms with van der Waals surface area (Å²) in [5.41, 5.74) is 0. The van der Waals surface area contributed by atoms with Crippen molar-refractivity contribution in [3.05, 3.63) is 0 Å². The van der Waals surface area contributed by atoms with Gasteiger partial charge in [-0.3, -0.25) is 4.39 Å². The molecule has 0 aliphatic carbocycles. The summed E-state index contributed by atoms with van der Waals surface area (Å²) < 4.78 is 11.7. The highest BCUT2D eigenvalue weighted by molar-refractivity contribution is 4.59. The van der Waals surface area contributed by atoms with E-state index in [4.69, 9.17) is 5.11 Å². The minimum atomic E-state index is -0.246. The van der Waals surface area contributed by atoms with E-state index in [2.05, 4.69) is 12.2 Å². The molecule has 0 radical (unpaired) electrons. The van der Waals surface area contributed by atoms with E-state index < -0.39 is 0 Å². The van der Waals surface area contributed by atoms with E-state index in [0.29, 0.717) is 12.3 Å². The van der Waals surface area contributed by atoms with Crippen molar-refractivity contribution < 1.29 is 9.50 Å². The largest absolute Gasteiger partial charge is 0.396 e. The highest BCUT2D eigenvalue weighted by Gasteiger charge is 2.03. The highest BCUT2D eigenvalue weighted by Crippen LogP contribution is 2.05. The van der Waals surface area contributed by atoms with E-state index in [1.165, 1.54) is 0 Å². The average Bonchev–Trinajstić information content (AvgIpc) is 2.10. The highest BCUT2D eigenvalue weighted by atomic mass is 19.1. The first kappa shape index (κ1) is 11.8. The van der Waals surface area contributed by atoms with Crippen molar-refractivity contribution in [3.8, 4) is 0 Å². The maximum Gasteiger partial charge on any atom is 0.0906 e. The second kappa shape index (κ2) is 8.94. The third-order valence-corrected chi connectivity index (χ3v) is 2.03. The number of nitrogens with one attached hydrogen (secondary N) is 1. The molecule has 2 N–H and O–H groups in total. The lowest BCUT2D eigenvalue weighted by Gasteiger charge is -2.13. The van der Waals surface area contributed by atoms with Crippen LogP contribution < -0.4 is 5.32 Å². The summed E-state index contributed by atoms with van der Waals surface area (Å²) in [6.45, 7) is 3.76. The molecule has 0 aromatic rings. The van der Waals surface area contributed by atoms with Crippen LogP contribution in [0, 0.1) is 5.92 Å². The number of rotatable bonds is 8. The van der Waals surface area contributed by atoms with Crippen molar-refractivity contribution in [2.45, 2.75) is 26.2 Å². The molecule has 0 aliphatic rings. The Bertz CT molecular complexity index is 90.6. The second-order valence-corrected chi connectivity index (χ2v) is 3.03. The molecule has 74 valence electrons. The Morgan fingerprint density at radius 3 is 2.75 bits per heavy atom. The molecule has 1 unspecified atom stereocenters. The number of halogens is 1. The van der Waals surface area contributed by atoms with Crippen LogP contribution in [0.3, 0.4) is 0 Å². The van der Waals surface area contributed by atoms with Gasteiger partial charge in [0.15, 0.2) is 0 Å². The summed E-state index contributed by atoms with van der Waals surface area (Å²) in [7, 11) is 0. The average molecular weight is 177 g/mol. The topological polar surface area (TPSA) is 32.3 Å². The lowest BCUT2D eigenvalue weighted by molar-refractivity contribution is 0.251. The maximum absolute atomic E-state index is 11.7. The Morgan fingerprint density at radius 1 is 1.50 bits per heavy atom. The molecule has 2 nitrogen and oxygen atoms in total. The molecule has 0 aliphatic heterocycles. The van der Waals surface area contributed by atoms with Crippen LogP contribution >= 0.6 is 0 Å². The molecule has 0 spiro atoms. The molecule has 0 aromatic heterocycles. The zero-order valence-corrected chi connectivity index (χ0v) is 7.85. The summed E-state index contributed by atoms with van der Waals surface area (Å²) in [5.74, 6) is 0.537.